The summed E-state index contributed by atoms with van der Waals surface area (Å²) in [6.07, 6.45) is 3.42. The first-order valence-corrected chi connectivity index (χ1v) is 10.6. The Bertz CT molecular complexity index is 843. The molecule has 7 heteroatoms. The summed E-state index contributed by atoms with van der Waals surface area (Å²) < 4.78 is 11.1. The van der Waals surface area contributed by atoms with Crippen LogP contribution in [0.3, 0.4) is 0 Å². The van der Waals surface area contributed by atoms with Crippen LogP contribution in [-0.2, 0) is 6.42 Å². The quantitative estimate of drug-likeness (QED) is 0.752. The van der Waals surface area contributed by atoms with Crippen LogP contribution in [0.4, 0.5) is 0 Å². The summed E-state index contributed by atoms with van der Waals surface area (Å²) >= 11 is 6.21. The fourth-order valence-corrected chi connectivity index (χ4v) is 3.78. The van der Waals surface area contributed by atoms with Gasteiger partial charge in [-0.1, -0.05) is 23.7 Å². The number of rotatable bonds is 6. The van der Waals surface area contributed by atoms with Crippen LogP contribution < -0.4 is 4.74 Å². The van der Waals surface area contributed by atoms with E-state index >= 15 is 0 Å². The average Bonchev–Trinajstić information content (AvgIpc) is 3.06. The number of aryl methyl sites for hydroxylation is 3. The summed E-state index contributed by atoms with van der Waals surface area (Å²) in [5.74, 6) is 1.27. The summed E-state index contributed by atoms with van der Waals surface area (Å²) in [7, 11) is 0. The normalized spacial score (nSPS) is 19.8. The molecule has 0 bridgehead atoms. The molecule has 1 aliphatic heterocycles. The molecule has 158 valence electrons. The number of hydrogen-bond acceptors (Lipinski definition) is 5. The fourth-order valence-electron chi connectivity index (χ4n) is 3.67. The van der Waals surface area contributed by atoms with Gasteiger partial charge in [-0.15, -0.1) is 0 Å². The average molecular weight is 421 g/mol. The maximum Gasteiger partial charge on any atom is 0.276 e. The Morgan fingerprint density at radius 1 is 1.28 bits per heavy atom. The zero-order chi connectivity index (χ0) is 21.0. The van der Waals surface area contributed by atoms with E-state index in [0.717, 1.165) is 34.8 Å². The maximum absolute atomic E-state index is 12.7. The third kappa shape index (κ3) is 5.31. The molecule has 3 rings (SSSR count). The van der Waals surface area contributed by atoms with Crippen molar-refractivity contribution in [1.29, 1.82) is 0 Å². The molecule has 0 saturated carbocycles. The number of likely N-dealkylation sites (tertiary alicyclic amines) is 1. The molecule has 2 aromatic rings. The molecular formula is C22H29ClN2O4. The minimum absolute atomic E-state index is 0.148. The first kappa shape index (κ1) is 21.7. The first-order chi connectivity index (χ1) is 13.8. The van der Waals surface area contributed by atoms with E-state index in [4.69, 9.17) is 20.9 Å². The smallest absolute Gasteiger partial charge is 0.276 e. The molecule has 6 nitrogen and oxygen atoms in total. The molecule has 1 saturated heterocycles. The predicted octanol–water partition coefficient (Wildman–Crippen LogP) is 4.33. The topological polar surface area (TPSA) is 75.8 Å². The molecule has 0 spiro atoms. The van der Waals surface area contributed by atoms with E-state index in [1.807, 2.05) is 32.9 Å². The van der Waals surface area contributed by atoms with Crippen molar-refractivity contribution in [2.24, 2.45) is 0 Å². The highest BCUT2D eigenvalue weighted by Crippen LogP contribution is 2.28. The van der Waals surface area contributed by atoms with E-state index in [1.54, 1.807) is 11.0 Å². The molecule has 1 aliphatic rings. The van der Waals surface area contributed by atoms with Gasteiger partial charge in [-0.05, 0) is 62.8 Å². The molecule has 1 unspecified atom stereocenters. The second-order valence-electron chi connectivity index (χ2n) is 7.96. The van der Waals surface area contributed by atoms with E-state index in [2.05, 4.69) is 5.16 Å². The van der Waals surface area contributed by atoms with Gasteiger partial charge in [0.1, 0.15) is 23.7 Å². The number of nitrogens with zero attached hydrogens (tertiary/aromatic N) is 2. The Balaban J connectivity index is 1.60. The van der Waals surface area contributed by atoms with Gasteiger partial charge in [0, 0.05) is 30.6 Å². The van der Waals surface area contributed by atoms with Crippen molar-refractivity contribution in [3.63, 3.8) is 0 Å². The van der Waals surface area contributed by atoms with Crippen molar-refractivity contribution in [3.05, 3.63) is 45.8 Å². The lowest BCUT2D eigenvalue weighted by Gasteiger charge is -2.27. The lowest BCUT2D eigenvalue weighted by atomic mass is 9.96. The number of carbonyl (C=O) groups excluding carboxylic acids is 1. The number of aliphatic hydroxyl groups is 1. The lowest BCUT2D eigenvalue weighted by Crippen LogP contribution is -2.38. The summed E-state index contributed by atoms with van der Waals surface area (Å²) in [6.45, 7) is 7.13. The molecule has 2 heterocycles. The largest absolute Gasteiger partial charge is 0.491 e. The van der Waals surface area contributed by atoms with E-state index < -0.39 is 5.60 Å². The van der Waals surface area contributed by atoms with Crippen LogP contribution in [0.1, 0.15) is 60.0 Å². The van der Waals surface area contributed by atoms with Gasteiger partial charge in [-0.3, -0.25) is 4.79 Å². The van der Waals surface area contributed by atoms with Gasteiger partial charge in [-0.25, -0.2) is 0 Å². The van der Waals surface area contributed by atoms with Crippen molar-refractivity contribution in [2.75, 3.05) is 19.7 Å². The Labute approximate surface area is 176 Å². The second-order valence-corrected chi connectivity index (χ2v) is 8.34. The van der Waals surface area contributed by atoms with Crippen molar-refractivity contribution in [2.45, 2.75) is 58.5 Å². The van der Waals surface area contributed by atoms with E-state index in [1.165, 1.54) is 0 Å². The fraction of sp³-hybridized carbons (Fsp3) is 0.545. The van der Waals surface area contributed by atoms with E-state index in [9.17, 15) is 9.90 Å². The van der Waals surface area contributed by atoms with Crippen molar-refractivity contribution in [1.82, 2.24) is 10.1 Å². The summed E-state index contributed by atoms with van der Waals surface area (Å²) in [4.78, 5) is 14.5. The zero-order valence-electron chi connectivity index (χ0n) is 17.3. The van der Waals surface area contributed by atoms with Gasteiger partial charge in [0.25, 0.3) is 5.91 Å². The predicted molar refractivity (Wildman–Crippen MR) is 112 cm³/mol. The minimum Gasteiger partial charge on any atom is -0.491 e. The Morgan fingerprint density at radius 2 is 2.00 bits per heavy atom. The molecule has 1 atom stereocenters. The molecule has 1 amide bonds. The molecular weight excluding hydrogens is 392 g/mol. The molecule has 0 radical (unpaired) electrons. The Kier molecular flexibility index (Phi) is 6.85. The number of benzene rings is 1. The highest BCUT2D eigenvalue weighted by Gasteiger charge is 2.33. The van der Waals surface area contributed by atoms with Crippen molar-refractivity contribution < 1.29 is 19.2 Å². The van der Waals surface area contributed by atoms with Crippen LogP contribution in [0.25, 0.3) is 0 Å². The van der Waals surface area contributed by atoms with Crippen LogP contribution in [0.2, 0.25) is 5.02 Å². The van der Waals surface area contributed by atoms with Crippen LogP contribution in [0.5, 0.6) is 5.75 Å². The van der Waals surface area contributed by atoms with Crippen LogP contribution in [0.15, 0.2) is 22.7 Å². The maximum atomic E-state index is 12.7. The number of hydrogen-bond donors (Lipinski definition) is 1. The Morgan fingerprint density at radius 3 is 2.69 bits per heavy atom. The van der Waals surface area contributed by atoms with Crippen molar-refractivity contribution in [3.8, 4) is 5.75 Å². The summed E-state index contributed by atoms with van der Waals surface area (Å²) in [6, 6.07) is 5.48. The van der Waals surface area contributed by atoms with Crippen molar-refractivity contribution >= 4 is 17.5 Å². The standard InChI is InChI=1S/C22H29ClN2O4/c1-4-6-17-13-19(24-29-17)21(26)25-9-5-7-22(27,8-10-25)14-28-18-11-15(2)20(23)16(3)12-18/h11-13,27H,4-10,14H2,1-3H3. The highest BCUT2D eigenvalue weighted by molar-refractivity contribution is 6.32. The monoisotopic (exact) mass is 420 g/mol. The van der Waals surface area contributed by atoms with Gasteiger partial charge >= 0.3 is 0 Å². The van der Waals surface area contributed by atoms with Crippen LogP contribution >= 0.6 is 11.6 Å². The minimum atomic E-state index is -0.979. The van der Waals surface area contributed by atoms with Gasteiger partial charge in [-0.2, -0.15) is 0 Å². The highest BCUT2D eigenvalue weighted by atomic mass is 35.5. The third-order valence-corrected chi connectivity index (χ3v) is 5.99. The molecule has 0 aliphatic carbocycles. The number of ether oxygens (including phenoxy) is 1. The van der Waals surface area contributed by atoms with Gasteiger partial charge < -0.3 is 19.3 Å². The second kappa shape index (κ2) is 9.18. The summed E-state index contributed by atoms with van der Waals surface area (Å²) in [5.41, 5.74) is 1.25. The van der Waals surface area contributed by atoms with Gasteiger partial charge in [0.05, 0.1) is 0 Å². The van der Waals surface area contributed by atoms with Gasteiger partial charge in [0.2, 0.25) is 0 Å². The molecule has 1 N–H and O–H groups in total. The first-order valence-electron chi connectivity index (χ1n) is 10.2. The SMILES string of the molecule is CCCc1cc(C(=O)N2CCCC(O)(COc3cc(C)c(Cl)c(C)c3)CC2)no1. The number of amides is 1. The number of aromatic nitrogens is 1. The molecule has 1 fully saturated rings. The zero-order valence-corrected chi connectivity index (χ0v) is 18.1. The van der Waals surface area contributed by atoms with E-state index in [0.29, 0.717) is 43.8 Å². The third-order valence-electron chi connectivity index (χ3n) is 5.40. The van der Waals surface area contributed by atoms with Crippen LogP contribution in [-0.4, -0.2) is 46.4 Å². The van der Waals surface area contributed by atoms with E-state index in [-0.39, 0.29) is 12.5 Å². The molecule has 1 aromatic carbocycles. The molecule has 29 heavy (non-hydrogen) atoms. The summed E-state index contributed by atoms with van der Waals surface area (Å²) in [5, 5.41) is 15.7. The van der Waals surface area contributed by atoms with Gasteiger partial charge in [0.15, 0.2) is 5.69 Å². The molecule has 1 aromatic heterocycles. The van der Waals surface area contributed by atoms with Crippen LogP contribution in [0, 0.1) is 13.8 Å². The lowest BCUT2D eigenvalue weighted by molar-refractivity contribution is -0.0163. The Hall–Kier alpha value is -2.05. The number of carbonyl (C=O) groups is 1. The number of halogens is 1.